The second kappa shape index (κ2) is 8.14. The minimum Gasteiger partial charge on any atom is -0.477 e. The summed E-state index contributed by atoms with van der Waals surface area (Å²) in [4.78, 5) is 27.8. The monoisotopic (exact) mass is 279 g/mol. The number of hydrogen-bond acceptors (Lipinski definition) is 4. The zero-order chi connectivity index (χ0) is 15.0. The lowest BCUT2D eigenvalue weighted by Gasteiger charge is -2.15. The topological polar surface area (TPSA) is 80.3 Å². The first-order valence-electron chi connectivity index (χ1n) is 6.76. The van der Waals surface area contributed by atoms with Gasteiger partial charge in [0.25, 0.3) is 5.91 Å². The number of pyridine rings is 1. The molecule has 0 fully saturated rings. The second-order valence-corrected chi connectivity index (χ2v) is 4.28. The number of carbonyl (C=O) groups is 2. The average molecular weight is 279 g/mol. The Balaban J connectivity index is 2.68. The summed E-state index contributed by atoms with van der Waals surface area (Å²) in [6.45, 7) is 6.43. The van der Waals surface area contributed by atoms with E-state index in [4.69, 9.17) is 4.74 Å². The first kappa shape index (κ1) is 15.9. The Morgan fingerprint density at radius 2 is 2.15 bits per heavy atom. The van der Waals surface area contributed by atoms with Crippen molar-refractivity contribution in [3.63, 3.8) is 0 Å². The van der Waals surface area contributed by atoms with Gasteiger partial charge in [-0.25, -0.2) is 4.98 Å². The number of aromatic nitrogens is 1. The van der Waals surface area contributed by atoms with Crippen molar-refractivity contribution in [1.82, 2.24) is 15.6 Å². The van der Waals surface area contributed by atoms with Crippen LogP contribution in [0, 0.1) is 0 Å². The lowest BCUT2D eigenvalue weighted by molar-refractivity contribution is -0.122. The molecule has 0 aromatic carbocycles. The highest BCUT2D eigenvalue weighted by Crippen LogP contribution is 2.14. The highest BCUT2D eigenvalue weighted by atomic mass is 16.5. The van der Waals surface area contributed by atoms with Crippen LogP contribution in [0.15, 0.2) is 18.3 Å². The molecule has 0 aliphatic heterocycles. The Labute approximate surface area is 118 Å². The predicted molar refractivity (Wildman–Crippen MR) is 75.6 cm³/mol. The quantitative estimate of drug-likeness (QED) is 0.784. The Morgan fingerprint density at radius 1 is 1.40 bits per heavy atom. The van der Waals surface area contributed by atoms with Crippen LogP contribution in [0.3, 0.4) is 0 Å². The van der Waals surface area contributed by atoms with Gasteiger partial charge in [0.2, 0.25) is 11.8 Å². The summed E-state index contributed by atoms with van der Waals surface area (Å²) in [7, 11) is 0. The second-order valence-electron chi connectivity index (χ2n) is 4.28. The van der Waals surface area contributed by atoms with Crippen LogP contribution in [0.4, 0.5) is 0 Å². The molecule has 1 heterocycles. The number of nitrogens with one attached hydrogen (secondary N) is 2. The van der Waals surface area contributed by atoms with Crippen LogP contribution < -0.4 is 15.4 Å². The van der Waals surface area contributed by atoms with Gasteiger partial charge in [-0.1, -0.05) is 6.92 Å². The number of ether oxygens (including phenoxy) is 1. The first-order chi connectivity index (χ1) is 9.60. The minimum atomic E-state index is -0.608. The fraction of sp³-hybridized carbons (Fsp3) is 0.500. The van der Waals surface area contributed by atoms with Crippen molar-refractivity contribution < 1.29 is 14.3 Å². The van der Waals surface area contributed by atoms with E-state index < -0.39 is 6.04 Å². The van der Waals surface area contributed by atoms with Crippen molar-refractivity contribution in [1.29, 1.82) is 0 Å². The molecule has 1 aromatic rings. The number of hydrogen-bond donors (Lipinski definition) is 2. The maximum Gasteiger partial charge on any atom is 0.257 e. The van der Waals surface area contributed by atoms with Gasteiger partial charge in [-0.05, 0) is 32.4 Å². The molecule has 0 aliphatic rings. The molecule has 0 bridgehead atoms. The lowest BCUT2D eigenvalue weighted by Crippen LogP contribution is -2.45. The van der Waals surface area contributed by atoms with Crippen LogP contribution in [-0.2, 0) is 4.79 Å². The maximum atomic E-state index is 12.1. The summed E-state index contributed by atoms with van der Waals surface area (Å²) in [5.74, 6) is -0.309. The summed E-state index contributed by atoms with van der Waals surface area (Å²) in [5.41, 5.74) is 0.324. The molecule has 6 heteroatoms. The smallest absolute Gasteiger partial charge is 0.257 e. The zero-order valence-corrected chi connectivity index (χ0v) is 12.1. The summed E-state index contributed by atoms with van der Waals surface area (Å²) in [5, 5.41) is 5.36. The number of carbonyl (C=O) groups excluding carboxylic acids is 2. The SMILES string of the molecule is CCCNC(=O)[C@H](C)NC(=O)c1cccnc1OCC. The van der Waals surface area contributed by atoms with Gasteiger partial charge in [0.1, 0.15) is 11.6 Å². The van der Waals surface area contributed by atoms with Crippen molar-refractivity contribution in [2.45, 2.75) is 33.2 Å². The first-order valence-corrected chi connectivity index (χ1v) is 6.76. The lowest BCUT2D eigenvalue weighted by atomic mass is 10.2. The van der Waals surface area contributed by atoms with E-state index in [0.717, 1.165) is 6.42 Å². The summed E-state index contributed by atoms with van der Waals surface area (Å²) in [6, 6.07) is 2.66. The van der Waals surface area contributed by atoms with E-state index in [-0.39, 0.29) is 17.7 Å². The van der Waals surface area contributed by atoms with E-state index in [9.17, 15) is 9.59 Å². The molecule has 0 saturated carbocycles. The van der Waals surface area contributed by atoms with Crippen LogP contribution in [0.1, 0.15) is 37.6 Å². The van der Waals surface area contributed by atoms with E-state index in [0.29, 0.717) is 18.7 Å². The molecule has 2 N–H and O–H groups in total. The maximum absolute atomic E-state index is 12.1. The van der Waals surface area contributed by atoms with Crippen LogP contribution >= 0.6 is 0 Å². The van der Waals surface area contributed by atoms with Crippen LogP contribution in [0.5, 0.6) is 5.88 Å². The molecule has 1 rings (SSSR count). The average Bonchev–Trinajstić information content (AvgIpc) is 2.45. The summed E-state index contributed by atoms with van der Waals surface area (Å²) < 4.78 is 5.29. The highest BCUT2D eigenvalue weighted by Gasteiger charge is 2.19. The molecule has 110 valence electrons. The van der Waals surface area contributed by atoms with E-state index in [1.807, 2.05) is 13.8 Å². The molecule has 0 saturated heterocycles. The van der Waals surface area contributed by atoms with Crippen LogP contribution in [0.25, 0.3) is 0 Å². The normalized spacial score (nSPS) is 11.6. The van der Waals surface area contributed by atoms with E-state index in [2.05, 4.69) is 15.6 Å². The van der Waals surface area contributed by atoms with Crippen molar-refractivity contribution in [2.75, 3.05) is 13.2 Å². The van der Waals surface area contributed by atoms with E-state index in [1.54, 1.807) is 25.3 Å². The van der Waals surface area contributed by atoms with Crippen molar-refractivity contribution in [2.24, 2.45) is 0 Å². The van der Waals surface area contributed by atoms with Crippen LogP contribution in [0.2, 0.25) is 0 Å². The third-order valence-electron chi connectivity index (χ3n) is 2.59. The van der Waals surface area contributed by atoms with Gasteiger partial charge in [-0.3, -0.25) is 9.59 Å². The molecule has 0 aliphatic carbocycles. The molecule has 20 heavy (non-hydrogen) atoms. The molecule has 1 atom stereocenters. The molecule has 2 amide bonds. The molecule has 6 nitrogen and oxygen atoms in total. The summed E-state index contributed by atoms with van der Waals surface area (Å²) >= 11 is 0. The Hall–Kier alpha value is -2.11. The van der Waals surface area contributed by atoms with Gasteiger partial charge in [0.15, 0.2) is 0 Å². The van der Waals surface area contributed by atoms with Gasteiger partial charge in [0.05, 0.1) is 6.61 Å². The van der Waals surface area contributed by atoms with Gasteiger partial charge >= 0.3 is 0 Å². The van der Waals surface area contributed by atoms with Crippen molar-refractivity contribution in [3.05, 3.63) is 23.9 Å². The fourth-order valence-electron chi connectivity index (χ4n) is 1.56. The van der Waals surface area contributed by atoms with E-state index >= 15 is 0 Å². The fourth-order valence-corrected chi connectivity index (χ4v) is 1.56. The van der Waals surface area contributed by atoms with Gasteiger partial charge in [-0.2, -0.15) is 0 Å². The van der Waals surface area contributed by atoms with Crippen molar-refractivity contribution >= 4 is 11.8 Å². The van der Waals surface area contributed by atoms with E-state index in [1.165, 1.54) is 0 Å². The molecule has 1 aromatic heterocycles. The Bertz CT molecular complexity index is 463. The van der Waals surface area contributed by atoms with Gasteiger partial charge < -0.3 is 15.4 Å². The zero-order valence-electron chi connectivity index (χ0n) is 12.1. The Morgan fingerprint density at radius 3 is 2.80 bits per heavy atom. The number of rotatable bonds is 7. The number of nitrogens with zero attached hydrogens (tertiary/aromatic N) is 1. The highest BCUT2D eigenvalue weighted by molar-refractivity contribution is 5.99. The third kappa shape index (κ3) is 4.53. The standard InChI is InChI=1S/C14H21N3O3/c1-4-8-15-12(18)10(3)17-13(19)11-7-6-9-16-14(11)20-5-2/h6-7,9-10H,4-5,8H2,1-3H3,(H,15,18)(H,17,19)/t10-/m0/s1. The Kier molecular flexibility index (Phi) is 6.49. The number of amides is 2. The molecule has 0 spiro atoms. The minimum absolute atomic E-state index is 0.206. The third-order valence-corrected chi connectivity index (χ3v) is 2.59. The predicted octanol–water partition coefficient (Wildman–Crippen LogP) is 1.12. The molecule has 0 unspecified atom stereocenters. The van der Waals surface area contributed by atoms with Gasteiger partial charge in [-0.15, -0.1) is 0 Å². The molecular weight excluding hydrogens is 258 g/mol. The van der Waals surface area contributed by atoms with Crippen LogP contribution in [-0.4, -0.2) is 36.0 Å². The summed E-state index contributed by atoms with van der Waals surface area (Å²) in [6.07, 6.45) is 2.41. The largest absolute Gasteiger partial charge is 0.477 e. The molecular formula is C14H21N3O3. The van der Waals surface area contributed by atoms with Crippen molar-refractivity contribution in [3.8, 4) is 5.88 Å². The van der Waals surface area contributed by atoms with Gasteiger partial charge in [0, 0.05) is 12.7 Å². The molecule has 0 radical (unpaired) electrons.